The molecule has 0 fully saturated rings. The molecule has 0 saturated carbocycles. The fourth-order valence-corrected chi connectivity index (χ4v) is 1.33. The van der Waals surface area contributed by atoms with E-state index in [2.05, 4.69) is 24.0 Å². The van der Waals surface area contributed by atoms with Crippen LogP contribution in [0.3, 0.4) is 0 Å². The van der Waals surface area contributed by atoms with Crippen molar-refractivity contribution in [3.63, 3.8) is 0 Å². The van der Waals surface area contributed by atoms with Crippen molar-refractivity contribution in [3.05, 3.63) is 42.1 Å². The molecule has 1 unspecified atom stereocenters. The van der Waals surface area contributed by atoms with E-state index in [0.717, 1.165) is 12.2 Å². The summed E-state index contributed by atoms with van der Waals surface area (Å²) in [4.78, 5) is 4.00. The molecule has 0 radical (unpaired) electrons. The first-order valence-corrected chi connectivity index (χ1v) is 4.76. The molecule has 2 rings (SSSR count). The highest BCUT2D eigenvalue weighted by atomic mass is 16.5. The Bertz CT molecular complexity index is 351. The molecule has 0 amide bonds. The summed E-state index contributed by atoms with van der Waals surface area (Å²) in [6, 6.07) is 8.09. The summed E-state index contributed by atoms with van der Waals surface area (Å²) in [5, 5.41) is 0. The molecule has 2 nitrogen and oxygen atoms in total. The van der Waals surface area contributed by atoms with E-state index < -0.39 is 0 Å². The van der Waals surface area contributed by atoms with Crippen LogP contribution in [0.25, 0.3) is 0 Å². The number of hydrogen-bond acceptors (Lipinski definition) is 2. The van der Waals surface area contributed by atoms with Crippen LogP contribution in [0, 0.1) is 6.92 Å². The number of rotatable bonds is 2. The van der Waals surface area contributed by atoms with Gasteiger partial charge in [-0.3, -0.25) is 4.99 Å². The Hall–Kier alpha value is -1.57. The topological polar surface area (TPSA) is 21.6 Å². The molecule has 1 aliphatic heterocycles. The van der Waals surface area contributed by atoms with Gasteiger partial charge in [-0.25, -0.2) is 0 Å². The molecule has 0 aromatic heterocycles. The van der Waals surface area contributed by atoms with Gasteiger partial charge in [-0.05, 0) is 25.1 Å². The summed E-state index contributed by atoms with van der Waals surface area (Å²) in [6.45, 7) is 2.07. The van der Waals surface area contributed by atoms with Crippen LogP contribution in [0.5, 0.6) is 5.75 Å². The lowest BCUT2D eigenvalue weighted by atomic mass is 10.2. The van der Waals surface area contributed by atoms with Crippen LogP contribution < -0.4 is 4.74 Å². The van der Waals surface area contributed by atoms with E-state index in [9.17, 15) is 0 Å². The molecule has 72 valence electrons. The third-order valence-electron chi connectivity index (χ3n) is 2.14. The standard InChI is InChI=1S/C12H13NO/c1-10-2-4-11(5-3-10)14-12-6-8-13-9-7-12/h2-6,8-9,12H,7H2,1H3. The van der Waals surface area contributed by atoms with E-state index in [1.807, 2.05) is 24.4 Å². The van der Waals surface area contributed by atoms with Crippen LogP contribution in [0.15, 0.2) is 41.5 Å². The second-order valence-electron chi connectivity index (χ2n) is 3.38. The summed E-state index contributed by atoms with van der Waals surface area (Å²) in [5.41, 5.74) is 1.25. The van der Waals surface area contributed by atoms with Crippen molar-refractivity contribution in [1.82, 2.24) is 0 Å². The molecule has 0 saturated heterocycles. The fourth-order valence-electron chi connectivity index (χ4n) is 1.33. The van der Waals surface area contributed by atoms with Gasteiger partial charge in [0.2, 0.25) is 0 Å². The Morgan fingerprint density at radius 1 is 1.29 bits per heavy atom. The van der Waals surface area contributed by atoms with Crippen LogP contribution in [-0.2, 0) is 0 Å². The molecule has 1 atom stereocenters. The Morgan fingerprint density at radius 2 is 2.07 bits per heavy atom. The predicted molar refractivity (Wildman–Crippen MR) is 57.8 cm³/mol. The molecule has 1 aromatic rings. The lowest BCUT2D eigenvalue weighted by Crippen LogP contribution is -2.15. The van der Waals surface area contributed by atoms with Gasteiger partial charge in [-0.2, -0.15) is 0 Å². The van der Waals surface area contributed by atoms with Crippen molar-refractivity contribution >= 4 is 6.21 Å². The van der Waals surface area contributed by atoms with Crippen molar-refractivity contribution in [2.45, 2.75) is 19.4 Å². The molecule has 1 aromatic carbocycles. The minimum absolute atomic E-state index is 0.134. The van der Waals surface area contributed by atoms with Gasteiger partial charge < -0.3 is 4.74 Å². The van der Waals surface area contributed by atoms with Crippen molar-refractivity contribution in [1.29, 1.82) is 0 Å². The molecule has 1 heterocycles. The average molecular weight is 187 g/mol. The number of aliphatic imine (C=N–C) groups is 1. The second kappa shape index (κ2) is 4.09. The highest BCUT2D eigenvalue weighted by Crippen LogP contribution is 2.15. The zero-order valence-corrected chi connectivity index (χ0v) is 8.18. The maximum Gasteiger partial charge on any atom is 0.124 e. The summed E-state index contributed by atoms with van der Waals surface area (Å²) in [6.07, 6.45) is 6.61. The first-order chi connectivity index (χ1) is 6.84. The molecular formula is C12H13NO. The molecule has 0 spiro atoms. The van der Waals surface area contributed by atoms with Crippen LogP contribution in [0.1, 0.15) is 12.0 Å². The Labute approximate surface area is 83.9 Å². The number of benzene rings is 1. The van der Waals surface area contributed by atoms with E-state index in [-0.39, 0.29) is 6.10 Å². The summed E-state index contributed by atoms with van der Waals surface area (Å²) < 4.78 is 5.73. The molecule has 14 heavy (non-hydrogen) atoms. The SMILES string of the molecule is Cc1ccc(OC2C=CN=CC2)cc1. The van der Waals surface area contributed by atoms with Crippen molar-refractivity contribution < 1.29 is 4.74 Å². The van der Waals surface area contributed by atoms with Gasteiger partial charge in [0.15, 0.2) is 0 Å². The third kappa shape index (κ3) is 2.22. The van der Waals surface area contributed by atoms with Crippen LogP contribution in [0.4, 0.5) is 0 Å². The largest absolute Gasteiger partial charge is 0.486 e. The van der Waals surface area contributed by atoms with Gasteiger partial charge in [-0.15, -0.1) is 0 Å². The van der Waals surface area contributed by atoms with E-state index in [4.69, 9.17) is 4.74 Å². The maximum atomic E-state index is 5.73. The van der Waals surface area contributed by atoms with Crippen molar-refractivity contribution in [2.24, 2.45) is 4.99 Å². The van der Waals surface area contributed by atoms with E-state index >= 15 is 0 Å². The van der Waals surface area contributed by atoms with E-state index in [1.165, 1.54) is 5.56 Å². The highest BCUT2D eigenvalue weighted by molar-refractivity contribution is 5.60. The van der Waals surface area contributed by atoms with Crippen LogP contribution in [0.2, 0.25) is 0 Å². The number of aryl methyl sites for hydroxylation is 1. The van der Waals surface area contributed by atoms with Crippen LogP contribution >= 0.6 is 0 Å². The Balaban J connectivity index is 2.00. The lowest BCUT2D eigenvalue weighted by molar-refractivity contribution is 0.257. The first-order valence-electron chi connectivity index (χ1n) is 4.76. The molecular weight excluding hydrogens is 174 g/mol. The Morgan fingerprint density at radius 3 is 2.71 bits per heavy atom. The molecule has 2 heteroatoms. The summed E-state index contributed by atoms with van der Waals surface area (Å²) >= 11 is 0. The lowest BCUT2D eigenvalue weighted by Gasteiger charge is -2.15. The van der Waals surface area contributed by atoms with Gasteiger partial charge in [0.25, 0.3) is 0 Å². The quantitative estimate of drug-likeness (QED) is 0.697. The minimum Gasteiger partial charge on any atom is -0.486 e. The van der Waals surface area contributed by atoms with Gasteiger partial charge >= 0.3 is 0 Å². The minimum atomic E-state index is 0.134. The van der Waals surface area contributed by atoms with Crippen LogP contribution in [-0.4, -0.2) is 12.3 Å². The third-order valence-corrected chi connectivity index (χ3v) is 2.14. The number of hydrogen-bond donors (Lipinski definition) is 0. The zero-order valence-electron chi connectivity index (χ0n) is 8.18. The monoisotopic (exact) mass is 187 g/mol. The van der Waals surface area contributed by atoms with Crippen molar-refractivity contribution in [2.75, 3.05) is 0 Å². The van der Waals surface area contributed by atoms with Gasteiger partial charge in [0.1, 0.15) is 11.9 Å². The molecule has 0 N–H and O–H groups in total. The molecule has 0 aliphatic carbocycles. The van der Waals surface area contributed by atoms with Crippen molar-refractivity contribution in [3.8, 4) is 5.75 Å². The summed E-state index contributed by atoms with van der Waals surface area (Å²) in [7, 11) is 0. The second-order valence-corrected chi connectivity index (χ2v) is 3.38. The summed E-state index contributed by atoms with van der Waals surface area (Å²) in [5.74, 6) is 0.917. The normalized spacial score (nSPS) is 19.6. The first kappa shape index (κ1) is 9.00. The Kier molecular flexibility index (Phi) is 2.63. The molecule has 1 aliphatic rings. The van der Waals surface area contributed by atoms with E-state index in [1.54, 1.807) is 6.20 Å². The van der Waals surface area contributed by atoms with E-state index in [0.29, 0.717) is 0 Å². The zero-order chi connectivity index (χ0) is 9.80. The smallest absolute Gasteiger partial charge is 0.124 e. The van der Waals surface area contributed by atoms with Gasteiger partial charge in [-0.1, -0.05) is 17.7 Å². The van der Waals surface area contributed by atoms with Gasteiger partial charge in [0, 0.05) is 18.8 Å². The predicted octanol–water partition coefficient (Wildman–Crippen LogP) is 2.73. The number of ether oxygens (including phenoxy) is 1. The van der Waals surface area contributed by atoms with Gasteiger partial charge in [0.05, 0.1) is 0 Å². The average Bonchev–Trinajstić information content (AvgIpc) is 2.23. The maximum absolute atomic E-state index is 5.73. The fraction of sp³-hybridized carbons (Fsp3) is 0.250. The highest BCUT2D eigenvalue weighted by Gasteiger charge is 2.06. The number of nitrogens with zero attached hydrogens (tertiary/aromatic N) is 1. The molecule has 0 bridgehead atoms.